The van der Waals surface area contributed by atoms with Gasteiger partial charge in [-0.3, -0.25) is 4.79 Å². The molecule has 1 aromatic carbocycles. The van der Waals surface area contributed by atoms with Gasteiger partial charge in [-0.25, -0.2) is 4.39 Å². The molecule has 4 atom stereocenters. The summed E-state index contributed by atoms with van der Waals surface area (Å²) >= 11 is 0. The maximum absolute atomic E-state index is 13.8. The Bertz CT molecular complexity index is 902. The Labute approximate surface area is 170 Å². The fourth-order valence-corrected chi connectivity index (χ4v) is 5.69. The lowest BCUT2D eigenvalue weighted by Crippen LogP contribution is -2.65. The summed E-state index contributed by atoms with van der Waals surface area (Å²) < 4.78 is 13.8. The van der Waals surface area contributed by atoms with E-state index in [2.05, 4.69) is 26.1 Å². The number of hydrogen-bond donors (Lipinski definition) is 0. The van der Waals surface area contributed by atoms with Crippen molar-refractivity contribution in [3.63, 3.8) is 0 Å². The van der Waals surface area contributed by atoms with Crippen molar-refractivity contribution in [3.05, 3.63) is 53.5 Å². The molecule has 1 amide bonds. The van der Waals surface area contributed by atoms with Crippen molar-refractivity contribution in [2.45, 2.75) is 51.1 Å². The Kier molecular flexibility index (Phi) is 4.72. The highest BCUT2D eigenvalue weighted by Gasteiger charge is 2.49. The Morgan fingerprint density at radius 3 is 2.79 bits per heavy atom. The summed E-state index contributed by atoms with van der Waals surface area (Å²) in [5.41, 5.74) is 1.89. The Hall–Kier alpha value is -2.50. The Morgan fingerprint density at radius 2 is 2.00 bits per heavy atom. The predicted octanol–water partition coefficient (Wildman–Crippen LogP) is 3.37. The fraction of sp³-hybridized carbons (Fsp3) is 0.522. The summed E-state index contributed by atoms with van der Waals surface area (Å²) in [6, 6.07) is 11.3. The monoisotopic (exact) mass is 394 g/mol. The molecule has 4 heterocycles. The van der Waals surface area contributed by atoms with Gasteiger partial charge in [0.1, 0.15) is 5.82 Å². The number of amides is 1. The van der Waals surface area contributed by atoms with Gasteiger partial charge in [0.15, 0.2) is 5.82 Å². The van der Waals surface area contributed by atoms with Crippen LogP contribution in [0.2, 0.25) is 0 Å². The molecular formula is C23H27FN4O. The highest BCUT2D eigenvalue weighted by Crippen LogP contribution is 2.43. The molecule has 29 heavy (non-hydrogen) atoms. The van der Waals surface area contributed by atoms with E-state index in [0.717, 1.165) is 49.4 Å². The normalized spacial score (nSPS) is 29.0. The molecule has 2 bridgehead atoms. The zero-order chi connectivity index (χ0) is 20.0. The molecule has 3 aliphatic heterocycles. The number of rotatable bonds is 3. The number of halogens is 1. The molecule has 0 unspecified atom stereocenters. The van der Waals surface area contributed by atoms with E-state index < -0.39 is 0 Å². The minimum absolute atomic E-state index is 0.118. The van der Waals surface area contributed by atoms with Crippen molar-refractivity contribution < 1.29 is 9.18 Å². The zero-order valence-electron chi connectivity index (χ0n) is 16.8. The third kappa shape index (κ3) is 3.49. The van der Waals surface area contributed by atoms with Gasteiger partial charge in [0.25, 0.3) is 0 Å². The molecule has 2 aromatic rings. The van der Waals surface area contributed by atoms with Crippen LogP contribution in [0.25, 0.3) is 0 Å². The summed E-state index contributed by atoms with van der Waals surface area (Å²) in [7, 11) is 0. The summed E-state index contributed by atoms with van der Waals surface area (Å²) in [4.78, 5) is 17.5. The summed E-state index contributed by atoms with van der Waals surface area (Å²) in [6.07, 6.45) is 4.52. The quantitative estimate of drug-likeness (QED) is 0.801. The van der Waals surface area contributed by atoms with E-state index in [4.69, 9.17) is 0 Å². The molecule has 3 aliphatic rings. The minimum atomic E-state index is -0.210. The van der Waals surface area contributed by atoms with E-state index in [1.807, 2.05) is 19.1 Å². The molecule has 3 fully saturated rings. The smallest absolute Gasteiger partial charge is 0.223 e. The number of aromatic nitrogens is 2. The molecule has 6 heteroatoms. The second kappa shape index (κ2) is 7.39. The third-order valence-electron chi connectivity index (χ3n) is 6.94. The summed E-state index contributed by atoms with van der Waals surface area (Å²) in [5, 5.41) is 8.66. The second-order valence-corrected chi connectivity index (χ2v) is 8.86. The minimum Gasteiger partial charge on any atom is -0.354 e. The topological polar surface area (TPSA) is 49.3 Å². The van der Waals surface area contributed by atoms with Crippen LogP contribution in [0, 0.1) is 24.6 Å². The number of anilines is 1. The molecule has 0 N–H and O–H groups in total. The Balaban J connectivity index is 1.46. The predicted molar refractivity (Wildman–Crippen MR) is 109 cm³/mol. The third-order valence-corrected chi connectivity index (χ3v) is 6.94. The first-order valence-corrected chi connectivity index (χ1v) is 10.7. The molecule has 0 spiro atoms. The van der Waals surface area contributed by atoms with Crippen molar-refractivity contribution in [1.29, 1.82) is 0 Å². The van der Waals surface area contributed by atoms with Crippen LogP contribution in [0.3, 0.4) is 0 Å². The van der Waals surface area contributed by atoms with E-state index in [1.165, 1.54) is 6.07 Å². The number of nitrogens with zero attached hydrogens (tertiary/aromatic N) is 4. The first kappa shape index (κ1) is 18.5. The molecule has 5 nitrogen and oxygen atoms in total. The van der Waals surface area contributed by atoms with E-state index in [-0.39, 0.29) is 23.8 Å². The highest BCUT2D eigenvalue weighted by atomic mass is 19.1. The number of aryl methyl sites for hydroxylation is 1. The average molecular weight is 394 g/mol. The molecule has 0 aliphatic carbocycles. The maximum Gasteiger partial charge on any atom is 0.223 e. The first-order valence-electron chi connectivity index (χ1n) is 10.7. The van der Waals surface area contributed by atoms with Gasteiger partial charge in [0, 0.05) is 31.6 Å². The van der Waals surface area contributed by atoms with Gasteiger partial charge in [-0.15, -0.1) is 5.10 Å². The lowest BCUT2D eigenvalue weighted by molar-refractivity contribution is -0.148. The molecule has 0 radical (unpaired) electrons. The molecule has 152 valence electrons. The van der Waals surface area contributed by atoms with Crippen molar-refractivity contribution in [1.82, 2.24) is 15.1 Å². The summed E-state index contributed by atoms with van der Waals surface area (Å²) in [5.74, 6) is 1.81. The van der Waals surface area contributed by atoms with E-state index in [1.54, 1.807) is 12.1 Å². The van der Waals surface area contributed by atoms with Crippen molar-refractivity contribution in [3.8, 4) is 0 Å². The van der Waals surface area contributed by atoms with Crippen molar-refractivity contribution >= 4 is 11.7 Å². The lowest BCUT2D eigenvalue weighted by Gasteiger charge is -2.57. The molecule has 3 saturated heterocycles. The van der Waals surface area contributed by atoms with Crippen LogP contribution in [0.1, 0.15) is 36.9 Å². The number of hydrogen-bond acceptors (Lipinski definition) is 4. The highest BCUT2D eigenvalue weighted by molar-refractivity contribution is 5.78. The van der Waals surface area contributed by atoms with Crippen LogP contribution in [-0.4, -0.2) is 46.2 Å². The van der Waals surface area contributed by atoms with E-state index >= 15 is 0 Å². The van der Waals surface area contributed by atoms with Crippen LogP contribution in [0.15, 0.2) is 36.4 Å². The largest absolute Gasteiger partial charge is 0.354 e. The van der Waals surface area contributed by atoms with Gasteiger partial charge in [0.2, 0.25) is 5.91 Å². The summed E-state index contributed by atoms with van der Waals surface area (Å²) in [6.45, 7) is 3.74. The Morgan fingerprint density at radius 1 is 1.14 bits per heavy atom. The van der Waals surface area contributed by atoms with E-state index in [0.29, 0.717) is 24.7 Å². The number of piperidine rings is 3. The van der Waals surface area contributed by atoms with Crippen molar-refractivity contribution in [2.24, 2.45) is 11.8 Å². The molecular weight excluding hydrogens is 367 g/mol. The SMILES string of the molecule is Cc1ccc(N2C[C@H]3C[C@@H](C2)[C@H](Cc2cccc(F)c2)N2C(=O)CCC[C@@H]32)nn1. The average Bonchev–Trinajstić information content (AvgIpc) is 2.72. The number of carbonyl (C=O) groups is 1. The van der Waals surface area contributed by atoms with Crippen LogP contribution >= 0.6 is 0 Å². The second-order valence-electron chi connectivity index (χ2n) is 8.86. The van der Waals surface area contributed by atoms with Gasteiger partial charge in [-0.1, -0.05) is 12.1 Å². The van der Waals surface area contributed by atoms with E-state index in [9.17, 15) is 9.18 Å². The van der Waals surface area contributed by atoms with Gasteiger partial charge in [-0.2, -0.15) is 5.10 Å². The molecule has 0 saturated carbocycles. The fourth-order valence-electron chi connectivity index (χ4n) is 5.69. The first-order chi connectivity index (χ1) is 14.1. The van der Waals surface area contributed by atoms with Gasteiger partial charge >= 0.3 is 0 Å². The number of carbonyl (C=O) groups excluding carboxylic acids is 1. The zero-order valence-corrected chi connectivity index (χ0v) is 16.8. The maximum atomic E-state index is 13.8. The number of benzene rings is 1. The lowest BCUT2D eigenvalue weighted by atomic mass is 9.71. The van der Waals surface area contributed by atoms with Crippen LogP contribution < -0.4 is 4.90 Å². The standard InChI is InChI=1S/C23H27FN4O/c1-15-8-9-22(26-25-15)27-13-17-12-18(14-27)21(11-16-4-2-5-19(24)10-16)28-20(17)6-3-7-23(28)29/h2,4-5,8-10,17-18,20-21H,3,6-7,11-14H2,1H3/t17-,18+,20+,21+/m1/s1. The number of fused-ring (bicyclic) bond motifs is 4. The molecule has 5 rings (SSSR count). The molecule has 1 aromatic heterocycles. The van der Waals surface area contributed by atoms with Gasteiger partial charge in [-0.05, 0) is 74.3 Å². The van der Waals surface area contributed by atoms with Crippen LogP contribution in [0.5, 0.6) is 0 Å². The van der Waals surface area contributed by atoms with Gasteiger partial charge < -0.3 is 9.80 Å². The van der Waals surface area contributed by atoms with Crippen LogP contribution in [-0.2, 0) is 11.2 Å². The van der Waals surface area contributed by atoms with Gasteiger partial charge in [0.05, 0.1) is 5.69 Å². The van der Waals surface area contributed by atoms with Crippen LogP contribution in [0.4, 0.5) is 10.2 Å². The van der Waals surface area contributed by atoms with Crippen molar-refractivity contribution in [2.75, 3.05) is 18.0 Å².